The van der Waals surface area contributed by atoms with Gasteiger partial charge in [-0.1, -0.05) is 44.2 Å². The zero-order chi connectivity index (χ0) is 19.8. The van der Waals surface area contributed by atoms with Gasteiger partial charge in [0.15, 0.2) is 0 Å². The summed E-state index contributed by atoms with van der Waals surface area (Å²) >= 11 is 0. The molecule has 1 aromatic carbocycles. The Bertz CT molecular complexity index is 763. The van der Waals surface area contributed by atoms with Crippen LogP contribution in [0.15, 0.2) is 42.7 Å². The molecule has 2 rings (SSSR count). The molecule has 7 heteroatoms. The number of aliphatic hydroxyl groups is 1. The quantitative estimate of drug-likeness (QED) is 0.660. The molecule has 0 fully saturated rings. The lowest BCUT2D eigenvalue weighted by atomic mass is 10.1. The predicted octanol–water partition coefficient (Wildman–Crippen LogP) is 1.95. The Morgan fingerprint density at radius 1 is 1.15 bits per heavy atom. The van der Waals surface area contributed by atoms with Crippen molar-refractivity contribution in [3.05, 3.63) is 55.0 Å². The number of carbonyl (C=O) groups is 2. The number of rotatable bonds is 8. The highest BCUT2D eigenvalue weighted by atomic mass is 16.3. The van der Waals surface area contributed by atoms with Crippen molar-refractivity contribution in [1.29, 1.82) is 0 Å². The van der Waals surface area contributed by atoms with Gasteiger partial charge in [-0.3, -0.25) is 9.59 Å². The second kappa shape index (κ2) is 9.78. The molecule has 0 aliphatic heterocycles. The van der Waals surface area contributed by atoms with Crippen LogP contribution in [0.3, 0.4) is 0 Å². The fourth-order valence-electron chi connectivity index (χ4n) is 2.35. The van der Waals surface area contributed by atoms with E-state index in [1.807, 2.05) is 44.2 Å². The van der Waals surface area contributed by atoms with Crippen molar-refractivity contribution in [2.45, 2.75) is 39.3 Å². The van der Waals surface area contributed by atoms with Crippen LogP contribution in [-0.4, -0.2) is 39.0 Å². The molecular weight excluding hydrogens is 344 g/mol. The standard InChI is InChI=1S/C20H25N4O3/c1-13(2)9-10-21-20(27)18(14(3)25)24-19(26)17-11-16(22-12-23-17)15-7-5-4-6-8-15/h4-8,10-14,18,25H,9H2,1-3H3,(H,21,27)(H,24,26)/t14-,18+/m1/s1. The van der Waals surface area contributed by atoms with Crippen LogP contribution in [0.4, 0.5) is 0 Å². The van der Waals surface area contributed by atoms with Crippen LogP contribution < -0.4 is 10.6 Å². The van der Waals surface area contributed by atoms with Gasteiger partial charge in [0, 0.05) is 12.1 Å². The summed E-state index contributed by atoms with van der Waals surface area (Å²) in [6.07, 6.45) is 0.931. The van der Waals surface area contributed by atoms with Crippen LogP contribution in [0.2, 0.25) is 0 Å². The summed E-state index contributed by atoms with van der Waals surface area (Å²) < 4.78 is 0. The first kappa shape index (κ1) is 20.5. The van der Waals surface area contributed by atoms with Gasteiger partial charge in [-0.2, -0.15) is 0 Å². The number of carbonyl (C=O) groups excluding carboxylic acids is 2. The molecule has 3 N–H and O–H groups in total. The smallest absolute Gasteiger partial charge is 0.270 e. The van der Waals surface area contributed by atoms with Crippen molar-refractivity contribution in [2.75, 3.05) is 0 Å². The number of aliphatic hydroxyl groups excluding tert-OH is 1. The van der Waals surface area contributed by atoms with Crippen LogP contribution in [0, 0.1) is 12.5 Å². The summed E-state index contributed by atoms with van der Waals surface area (Å²) in [6.45, 7) is 7.13. The molecular formula is C20H25N4O3. The zero-order valence-electron chi connectivity index (χ0n) is 15.7. The molecule has 27 heavy (non-hydrogen) atoms. The maximum Gasteiger partial charge on any atom is 0.270 e. The third-order valence-electron chi connectivity index (χ3n) is 3.85. The minimum atomic E-state index is -1.09. The minimum Gasteiger partial charge on any atom is -0.391 e. The van der Waals surface area contributed by atoms with Crippen LogP contribution >= 0.6 is 0 Å². The monoisotopic (exact) mass is 369 g/mol. The second-order valence-electron chi connectivity index (χ2n) is 6.69. The predicted molar refractivity (Wildman–Crippen MR) is 102 cm³/mol. The van der Waals surface area contributed by atoms with Gasteiger partial charge in [0.05, 0.1) is 11.8 Å². The normalized spacial score (nSPS) is 13.1. The van der Waals surface area contributed by atoms with E-state index in [1.165, 1.54) is 13.3 Å². The van der Waals surface area contributed by atoms with E-state index in [1.54, 1.807) is 12.6 Å². The third-order valence-corrected chi connectivity index (χ3v) is 3.85. The zero-order valence-corrected chi connectivity index (χ0v) is 15.7. The highest BCUT2D eigenvalue weighted by Gasteiger charge is 2.26. The Hall–Kier alpha value is -2.80. The number of hydrogen-bond donors (Lipinski definition) is 3. The molecule has 0 aliphatic carbocycles. The van der Waals surface area contributed by atoms with E-state index in [2.05, 4.69) is 20.6 Å². The highest BCUT2D eigenvalue weighted by Crippen LogP contribution is 2.16. The number of hydrogen-bond acceptors (Lipinski definition) is 5. The summed E-state index contributed by atoms with van der Waals surface area (Å²) in [5.41, 5.74) is 1.56. The topological polar surface area (TPSA) is 104 Å². The van der Waals surface area contributed by atoms with Crippen molar-refractivity contribution in [1.82, 2.24) is 20.6 Å². The highest BCUT2D eigenvalue weighted by molar-refractivity contribution is 5.97. The number of benzene rings is 1. The first-order chi connectivity index (χ1) is 12.9. The summed E-state index contributed by atoms with van der Waals surface area (Å²) in [5, 5.41) is 15.1. The third kappa shape index (κ3) is 6.14. The van der Waals surface area contributed by atoms with Crippen molar-refractivity contribution < 1.29 is 14.7 Å². The Morgan fingerprint density at radius 3 is 2.48 bits per heavy atom. The Morgan fingerprint density at radius 2 is 1.85 bits per heavy atom. The van der Waals surface area contributed by atoms with Gasteiger partial charge in [0.2, 0.25) is 5.91 Å². The lowest BCUT2D eigenvalue weighted by molar-refractivity contribution is -0.124. The average molecular weight is 369 g/mol. The van der Waals surface area contributed by atoms with E-state index < -0.39 is 24.0 Å². The maximum atomic E-state index is 12.5. The molecule has 2 aromatic rings. The SMILES string of the molecule is CC(C)C[CH]NC(=O)[C@@H](NC(=O)c1cc(-c2ccccc2)ncn1)[C@@H](C)O. The van der Waals surface area contributed by atoms with Gasteiger partial charge in [-0.05, 0) is 25.3 Å². The molecule has 0 saturated heterocycles. The van der Waals surface area contributed by atoms with Crippen LogP contribution in [-0.2, 0) is 4.79 Å². The first-order valence-corrected chi connectivity index (χ1v) is 8.87. The molecule has 0 bridgehead atoms. The molecule has 7 nitrogen and oxygen atoms in total. The number of amides is 2. The van der Waals surface area contributed by atoms with Gasteiger partial charge in [-0.25, -0.2) is 9.97 Å². The minimum absolute atomic E-state index is 0.119. The molecule has 1 radical (unpaired) electrons. The average Bonchev–Trinajstić information content (AvgIpc) is 2.66. The maximum absolute atomic E-state index is 12.5. The van der Waals surface area contributed by atoms with Crippen molar-refractivity contribution in [2.24, 2.45) is 5.92 Å². The van der Waals surface area contributed by atoms with Crippen LogP contribution in [0.25, 0.3) is 11.3 Å². The lowest BCUT2D eigenvalue weighted by Gasteiger charge is -2.20. The van der Waals surface area contributed by atoms with Gasteiger partial charge in [0.1, 0.15) is 18.1 Å². The van der Waals surface area contributed by atoms with E-state index >= 15 is 0 Å². The van der Waals surface area contributed by atoms with Crippen molar-refractivity contribution in [3.63, 3.8) is 0 Å². The second-order valence-corrected chi connectivity index (χ2v) is 6.69. The molecule has 0 spiro atoms. The Balaban J connectivity index is 2.08. The van der Waals surface area contributed by atoms with E-state index in [9.17, 15) is 14.7 Å². The lowest BCUT2D eigenvalue weighted by Crippen LogP contribution is -2.52. The largest absolute Gasteiger partial charge is 0.391 e. The van der Waals surface area contributed by atoms with E-state index in [0.29, 0.717) is 18.0 Å². The molecule has 0 unspecified atom stereocenters. The van der Waals surface area contributed by atoms with Crippen molar-refractivity contribution in [3.8, 4) is 11.3 Å². The van der Waals surface area contributed by atoms with Gasteiger partial charge < -0.3 is 15.7 Å². The molecule has 1 heterocycles. The summed E-state index contributed by atoms with van der Waals surface area (Å²) in [5.74, 6) is -0.641. The van der Waals surface area contributed by atoms with Gasteiger partial charge in [-0.15, -0.1) is 0 Å². The summed E-state index contributed by atoms with van der Waals surface area (Å²) in [7, 11) is 0. The van der Waals surface area contributed by atoms with Crippen LogP contribution in [0.1, 0.15) is 37.7 Å². The Kier molecular flexibility index (Phi) is 7.43. The number of nitrogens with one attached hydrogen (secondary N) is 2. The number of aromatic nitrogens is 2. The van der Waals surface area contributed by atoms with E-state index in [0.717, 1.165) is 5.56 Å². The summed E-state index contributed by atoms with van der Waals surface area (Å²) in [4.78, 5) is 32.9. The van der Waals surface area contributed by atoms with Gasteiger partial charge in [0.25, 0.3) is 5.91 Å². The molecule has 2 amide bonds. The molecule has 0 aliphatic rings. The van der Waals surface area contributed by atoms with Crippen molar-refractivity contribution >= 4 is 11.8 Å². The first-order valence-electron chi connectivity index (χ1n) is 8.87. The van der Waals surface area contributed by atoms with E-state index in [-0.39, 0.29) is 5.69 Å². The van der Waals surface area contributed by atoms with Gasteiger partial charge >= 0.3 is 0 Å². The molecule has 143 valence electrons. The fourth-order valence-corrected chi connectivity index (χ4v) is 2.35. The summed E-state index contributed by atoms with van der Waals surface area (Å²) in [6, 6.07) is 9.85. The molecule has 0 saturated carbocycles. The molecule has 2 atom stereocenters. The molecule has 1 aromatic heterocycles. The number of nitrogens with zero attached hydrogens (tertiary/aromatic N) is 2. The van der Waals surface area contributed by atoms with Crippen LogP contribution in [0.5, 0.6) is 0 Å². The Labute approximate surface area is 159 Å². The van der Waals surface area contributed by atoms with E-state index in [4.69, 9.17) is 0 Å². The fraction of sp³-hybridized carbons (Fsp3) is 0.350.